The van der Waals surface area contributed by atoms with Gasteiger partial charge in [-0.2, -0.15) is 0 Å². The zero-order chi connectivity index (χ0) is 31.5. The molecule has 0 radical (unpaired) electrons. The molecule has 1 aliphatic carbocycles. The second-order valence-electron chi connectivity index (χ2n) is 9.08. The van der Waals surface area contributed by atoms with E-state index >= 15 is 0 Å². The van der Waals surface area contributed by atoms with E-state index in [1.165, 1.54) is 57.4 Å². The van der Waals surface area contributed by atoms with Gasteiger partial charge >= 0.3 is 0 Å². The average molecular weight is 544 g/mol. The van der Waals surface area contributed by atoms with E-state index in [-0.39, 0.29) is 0 Å². The maximum atomic E-state index is 3.94. The molecule has 0 spiro atoms. The minimum Gasteiger partial charge on any atom is -0.296 e. The Labute approximate surface area is 250 Å². The number of allylic oxidation sites excluding steroid dienone is 14. The fourth-order valence-electron chi connectivity index (χ4n) is 3.21. The molecule has 0 atom stereocenters. The van der Waals surface area contributed by atoms with Gasteiger partial charge in [-0.15, -0.1) is 0 Å². The first kappa shape index (κ1) is 41.3. The van der Waals surface area contributed by atoms with Crippen molar-refractivity contribution in [2.24, 2.45) is 4.99 Å². The van der Waals surface area contributed by atoms with Crippen molar-refractivity contribution in [1.82, 2.24) is 0 Å². The molecule has 1 nitrogen and oxygen atoms in total. The van der Waals surface area contributed by atoms with Crippen molar-refractivity contribution < 1.29 is 0 Å². The van der Waals surface area contributed by atoms with E-state index in [9.17, 15) is 0 Å². The predicted octanol–water partition coefficient (Wildman–Crippen LogP) is 12.6. The highest BCUT2D eigenvalue weighted by molar-refractivity contribution is 5.79. The highest BCUT2D eigenvalue weighted by Gasteiger charge is 2.00. The highest BCUT2D eigenvalue weighted by Crippen LogP contribution is 2.20. The lowest BCUT2D eigenvalue weighted by Crippen LogP contribution is -1.89. The van der Waals surface area contributed by atoms with Crippen LogP contribution in [0.5, 0.6) is 0 Å². The highest BCUT2D eigenvalue weighted by atomic mass is 14.6. The second-order valence-corrected chi connectivity index (χ2v) is 9.08. The molecule has 0 aliphatic heterocycles. The number of aliphatic imine (C=N–C) groups is 1. The minimum absolute atomic E-state index is 1.10. The molecule has 0 unspecified atom stereocenters. The summed E-state index contributed by atoms with van der Waals surface area (Å²) in [5.41, 5.74) is 11.6. The SMILES string of the molecule is C=C(C)/C(C)=C/C(=C/C)C(/C)=C\C.C=C/C(C)=C\C1=C(C)CCC=C1.CC.CC.CCc1ccc(C=NC)cc1. The molecule has 1 heteroatoms. The van der Waals surface area contributed by atoms with E-state index in [0.29, 0.717) is 0 Å². The average Bonchev–Trinajstić information content (AvgIpc) is 2.99. The van der Waals surface area contributed by atoms with Gasteiger partial charge in [-0.05, 0) is 101 Å². The lowest BCUT2D eigenvalue weighted by Gasteiger charge is -2.08. The van der Waals surface area contributed by atoms with E-state index in [0.717, 1.165) is 12.0 Å². The number of rotatable bonds is 7. The molecule has 1 aliphatic rings. The molecular weight excluding hydrogens is 482 g/mol. The first-order valence-electron chi connectivity index (χ1n) is 14.9. The van der Waals surface area contributed by atoms with Crippen LogP contribution in [0.25, 0.3) is 0 Å². The van der Waals surface area contributed by atoms with E-state index < -0.39 is 0 Å². The van der Waals surface area contributed by atoms with Crippen LogP contribution in [0.2, 0.25) is 0 Å². The first-order chi connectivity index (χ1) is 19.1. The van der Waals surface area contributed by atoms with E-state index in [1.807, 2.05) is 46.9 Å². The van der Waals surface area contributed by atoms with Crippen LogP contribution < -0.4 is 0 Å². The summed E-state index contributed by atoms with van der Waals surface area (Å²) in [7, 11) is 1.79. The van der Waals surface area contributed by atoms with Crippen molar-refractivity contribution >= 4 is 6.21 Å². The maximum Gasteiger partial charge on any atom is 0.0281 e. The lowest BCUT2D eigenvalue weighted by atomic mass is 9.97. The number of hydrogen-bond acceptors (Lipinski definition) is 1. The lowest BCUT2D eigenvalue weighted by molar-refractivity contribution is 0.948. The van der Waals surface area contributed by atoms with Crippen LogP contribution in [-0.2, 0) is 6.42 Å². The monoisotopic (exact) mass is 543 g/mol. The quantitative estimate of drug-likeness (QED) is 0.239. The van der Waals surface area contributed by atoms with Gasteiger partial charge in [0.1, 0.15) is 0 Å². The summed E-state index contributed by atoms with van der Waals surface area (Å²) in [6, 6.07) is 8.45. The summed E-state index contributed by atoms with van der Waals surface area (Å²) in [4.78, 5) is 3.94. The third-order valence-electron chi connectivity index (χ3n) is 6.09. The van der Waals surface area contributed by atoms with Crippen LogP contribution in [0, 0.1) is 0 Å². The molecule has 0 saturated heterocycles. The van der Waals surface area contributed by atoms with Crippen molar-refractivity contribution in [3.63, 3.8) is 0 Å². The summed E-state index contributed by atoms with van der Waals surface area (Å²) < 4.78 is 0. The number of aryl methyl sites for hydroxylation is 1. The molecule has 0 heterocycles. The zero-order valence-electron chi connectivity index (χ0n) is 28.4. The van der Waals surface area contributed by atoms with Crippen LogP contribution in [0.15, 0.2) is 124 Å². The molecule has 0 amide bonds. The molecule has 40 heavy (non-hydrogen) atoms. The third-order valence-corrected chi connectivity index (χ3v) is 6.09. The summed E-state index contributed by atoms with van der Waals surface area (Å²) in [6.45, 7) is 32.4. The van der Waals surface area contributed by atoms with E-state index in [1.54, 1.807) is 7.05 Å². The topological polar surface area (TPSA) is 12.4 Å². The molecule has 0 N–H and O–H groups in total. The van der Waals surface area contributed by atoms with E-state index in [2.05, 4.69) is 127 Å². The molecule has 222 valence electrons. The van der Waals surface area contributed by atoms with Crippen molar-refractivity contribution in [1.29, 1.82) is 0 Å². The van der Waals surface area contributed by atoms with Gasteiger partial charge in [-0.1, -0.05) is 131 Å². The standard InChI is InChI=1S/C13H20.C12H16.C10H13N.2C2H6/c1-7-11(5)13(8-2)9-12(6)10(3)4;1-4-10(2)9-12-8-6-5-7-11(12)3;1-3-9-4-6-10(7-5-9)8-11-2;2*1-2/h7-9H,3H2,1-2,4-6H3;4,6,8-9H,1,5,7H2,2-3H3;4-8H,3H2,1-2H3;2*1-2H3/b11-7-,12-9+,13-8-;10-9-;;;. The minimum atomic E-state index is 1.10. The Morgan fingerprint density at radius 3 is 1.90 bits per heavy atom. The Balaban J connectivity index is -0.000000483. The van der Waals surface area contributed by atoms with Crippen molar-refractivity contribution in [2.75, 3.05) is 7.05 Å². The van der Waals surface area contributed by atoms with Gasteiger partial charge < -0.3 is 0 Å². The van der Waals surface area contributed by atoms with Crippen LogP contribution in [-0.4, -0.2) is 13.3 Å². The largest absolute Gasteiger partial charge is 0.296 e. The van der Waals surface area contributed by atoms with Crippen molar-refractivity contribution in [3.05, 3.63) is 130 Å². The molecule has 0 bridgehead atoms. The molecule has 1 aromatic carbocycles. The summed E-state index contributed by atoms with van der Waals surface area (Å²) in [5.74, 6) is 0. The fraction of sp³-hybridized carbons (Fsp3) is 0.410. The van der Waals surface area contributed by atoms with Crippen molar-refractivity contribution in [3.8, 4) is 0 Å². The van der Waals surface area contributed by atoms with Crippen LogP contribution in [0.3, 0.4) is 0 Å². The molecule has 0 saturated carbocycles. The van der Waals surface area contributed by atoms with Gasteiger partial charge in [0, 0.05) is 13.3 Å². The summed E-state index contributed by atoms with van der Waals surface area (Å²) in [6.07, 6.45) is 20.3. The third kappa shape index (κ3) is 19.8. The first-order valence-corrected chi connectivity index (χ1v) is 14.9. The Morgan fingerprint density at radius 2 is 1.50 bits per heavy atom. The van der Waals surface area contributed by atoms with Crippen LogP contribution in [0.4, 0.5) is 0 Å². The smallest absolute Gasteiger partial charge is 0.0281 e. The summed E-state index contributed by atoms with van der Waals surface area (Å²) in [5, 5.41) is 0. The van der Waals surface area contributed by atoms with Crippen LogP contribution in [0.1, 0.15) is 107 Å². The van der Waals surface area contributed by atoms with E-state index in [4.69, 9.17) is 0 Å². The normalized spacial score (nSPS) is 13.5. The summed E-state index contributed by atoms with van der Waals surface area (Å²) >= 11 is 0. The van der Waals surface area contributed by atoms with Gasteiger partial charge in [0.15, 0.2) is 0 Å². The Morgan fingerprint density at radius 1 is 0.925 bits per heavy atom. The predicted molar refractivity (Wildman–Crippen MR) is 189 cm³/mol. The molecule has 2 rings (SSSR count). The molecular formula is C39H61N. The van der Waals surface area contributed by atoms with Gasteiger partial charge in [0.05, 0.1) is 0 Å². The van der Waals surface area contributed by atoms with Gasteiger partial charge in [-0.3, -0.25) is 4.99 Å². The zero-order valence-corrected chi connectivity index (χ0v) is 28.4. The fourth-order valence-corrected chi connectivity index (χ4v) is 3.21. The Bertz CT molecular complexity index is 1040. The Hall–Kier alpha value is -3.19. The van der Waals surface area contributed by atoms with Gasteiger partial charge in [0.25, 0.3) is 0 Å². The van der Waals surface area contributed by atoms with Crippen molar-refractivity contribution in [2.45, 2.75) is 102 Å². The number of benzene rings is 1. The number of nitrogens with zero attached hydrogens (tertiary/aromatic N) is 1. The van der Waals surface area contributed by atoms with Crippen LogP contribution >= 0.6 is 0 Å². The van der Waals surface area contributed by atoms with Gasteiger partial charge in [0.2, 0.25) is 0 Å². The molecule has 0 aromatic heterocycles. The maximum absolute atomic E-state index is 3.94. The Kier molecular flexibility index (Phi) is 28.3. The number of hydrogen-bond donors (Lipinski definition) is 0. The van der Waals surface area contributed by atoms with Gasteiger partial charge in [-0.25, -0.2) is 0 Å². The molecule has 0 fully saturated rings. The molecule has 1 aromatic rings. The second kappa shape index (κ2) is 27.4.